The number of rotatable bonds is 7. The molecule has 31 heavy (non-hydrogen) atoms. The standard InChI is InChI=1S/C23H26ClN3O4/c1-13(2)20(28)8-9-21(29)31-15-11-16(23(3,4)5)22(30)19(12-15)27-25-17-7-6-14(24)10-18(17)26-27/h6-7,10-12,21,29-30H,1,8-9H2,2-5H3. The third-order valence-electron chi connectivity index (χ3n) is 4.80. The number of Topliss-reactive ketones (excluding diaryl/α,β-unsaturated/α-hetero) is 1. The minimum absolute atomic E-state index is 0.0122. The molecule has 164 valence electrons. The molecule has 0 saturated carbocycles. The Morgan fingerprint density at radius 3 is 2.55 bits per heavy atom. The molecule has 1 heterocycles. The van der Waals surface area contributed by atoms with Gasteiger partial charge in [0.15, 0.2) is 12.1 Å². The number of aliphatic hydroxyl groups excluding tert-OH is 1. The maximum absolute atomic E-state index is 11.7. The molecule has 0 amide bonds. The zero-order valence-electron chi connectivity index (χ0n) is 18.0. The lowest BCUT2D eigenvalue weighted by Crippen LogP contribution is -2.19. The zero-order valence-corrected chi connectivity index (χ0v) is 18.8. The van der Waals surface area contributed by atoms with E-state index in [1.807, 2.05) is 20.8 Å². The fourth-order valence-corrected chi connectivity index (χ4v) is 3.23. The predicted molar refractivity (Wildman–Crippen MR) is 120 cm³/mol. The molecule has 1 unspecified atom stereocenters. The van der Waals surface area contributed by atoms with Crippen LogP contribution in [0.15, 0.2) is 42.5 Å². The highest BCUT2D eigenvalue weighted by Crippen LogP contribution is 2.38. The summed E-state index contributed by atoms with van der Waals surface area (Å²) in [6.07, 6.45) is -0.952. The molecule has 0 spiro atoms. The number of benzene rings is 2. The second kappa shape index (κ2) is 8.69. The van der Waals surface area contributed by atoms with Crippen LogP contribution in [0.25, 0.3) is 16.7 Å². The Hall–Kier alpha value is -2.90. The van der Waals surface area contributed by atoms with E-state index < -0.39 is 11.7 Å². The van der Waals surface area contributed by atoms with E-state index in [9.17, 15) is 15.0 Å². The summed E-state index contributed by atoms with van der Waals surface area (Å²) in [6, 6.07) is 8.36. The molecular weight excluding hydrogens is 418 g/mol. The fourth-order valence-electron chi connectivity index (χ4n) is 3.06. The number of carbonyl (C=O) groups excluding carboxylic acids is 1. The average molecular weight is 444 g/mol. The summed E-state index contributed by atoms with van der Waals surface area (Å²) < 4.78 is 5.66. The largest absolute Gasteiger partial charge is 0.505 e. The second-order valence-corrected chi connectivity index (χ2v) is 8.96. The quantitative estimate of drug-likeness (QED) is 0.405. The van der Waals surface area contributed by atoms with Gasteiger partial charge in [0.25, 0.3) is 0 Å². The number of aromatic nitrogens is 3. The number of phenols is 1. The van der Waals surface area contributed by atoms with Gasteiger partial charge in [0.2, 0.25) is 0 Å². The number of aliphatic hydroxyl groups is 1. The summed E-state index contributed by atoms with van der Waals surface area (Å²) in [5, 5.41) is 30.6. The van der Waals surface area contributed by atoms with E-state index in [0.717, 1.165) is 0 Å². The first kappa shape index (κ1) is 22.8. The molecule has 0 saturated heterocycles. The summed E-state index contributed by atoms with van der Waals surface area (Å²) >= 11 is 6.04. The van der Waals surface area contributed by atoms with E-state index in [2.05, 4.69) is 16.8 Å². The molecule has 7 nitrogen and oxygen atoms in total. The van der Waals surface area contributed by atoms with Crippen LogP contribution in [0, 0.1) is 0 Å². The maximum Gasteiger partial charge on any atom is 0.197 e. The number of ketones is 1. The number of carbonyl (C=O) groups is 1. The van der Waals surface area contributed by atoms with Crippen LogP contribution in [-0.4, -0.2) is 37.3 Å². The Balaban J connectivity index is 1.98. The average Bonchev–Trinajstić information content (AvgIpc) is 3.09. The summed E-state index contributed by atoms with van der Waals surface area (Å²) in [4.78, 5) is 13.1. The van der Waals surface area contributed by atoms with Crippen LogP contribution in [0.2, 0.25) is 5.02 Å². The van der Waals surface area contributed by atoms with Crippen LogP contribution in [0.3, 0.4) is 0 Å². The van der Waals surface area contributed by atoms with Crippen molar-refractivity contribution in [2.75, 3.05) is 0 Å². The Kier molecular flexibility index (Phi) is 6.38. The SMILES string of the molecule is C=C(C)C(=O)CCC(O)Oc1cc(-n2nc3ccc(Cl)cc3n2)c(O)c(C(C)(C)C)c1. The van der Waals surface area contributed by atoms with Gasteiger partial charge in [0.05, 0.1) is 0 Å². The lowest BCUT2D eigenvalue weighted by atomic mass is 9.86. The topological polar surface area (TPSA) is 97.5 Å². The number of phenolic OH excluding ortho intramolecular Hbond substituents is 1. The minimum Gasteiger partial charge on any atom is -0.505 e. The van der Waals surface area contributed by atoms with Crippen molar-refractivity contribution in [3.05, 3.63) is 53.1 Å². The Morgan fingerprint density at radius 1 is 1.23 bits per heavy atom. The molecule has 0 aliphatic heterocycles. The van der Waals surface area contributed by atoms with Crippen molar-refractivity contribution in [1.82, 2.24) is 15.0 Å². The van der Waals surface area contributed by atoms with Crippen LogP contribution in [-0.2, 0) is 10.2 Å². The first-order chi connectivity index (χ1) is 14.5. The maximum atomic E-state index is 11.7. The molecule has 1 aromatic heterocycles. The smallest absolute Gasteiger partial charge is 0.197 e. The molecule has 3 rings (SSSR count). The first-order valence-electron chi connectivity index (χ1n) is 9.89. The van der Waals surface area contributed by atoms with Gasteiger partial charge in [-0.3, -0.25) is 4.79 Å². The number of nitrogens with zero attached hydrogens (tertiary/aromatic N) is 3. The highest BCUT2D eigenvalue weighted by Gasteiger charge is 2.24. The fraction of sp³-hybridized carbons (Fsp3) is 0.348. The van der Waals surface area contributed by atoms with Gasteiger partial charge in [-0.1, -0.05) is 39.0 Å². The van der Waals surface area contributed by atoms with Gasteiger partial charge < -0.3 is 14.9 Å². The van der Waals surface area contributed by atoms with E-state index in [-0.39, 0.29) is 24.4 Å². The van der Waals surface area contributed by atoms with Gasteiger partial charge in [-0.05, 0) is 42.2 Å². The molecule has 0 fully saturated rings. The Morgan fingerprint density at radius 2 is 1.90 bits per heavy atom. The van der Waals surface area contributed by atoms with Crippen molar-refractivity contribution in [2.24, 2.45) is 0 Å². The van der Waals surface area contributed by atoms with E-state index in [1.165, 1.54) is 4.80 Å². The van der Waals surface area contributed by atoms with Crippen LogP contribution in [0.5, 0.6) is 11.5 Å². The summed E-state index contributed by atoms with van der Waals surface area (Å²) in [5.41, 5.74) is 2.12. The summed E-state index contributed by atoms with van der Waals surface area (Å²) in [6.45, 7) is 11.1. The number of allylic oxidation sites excluding steroid dienone is 1. The van der Waals surface area contributed by atoms with Crippen LogP contribution >= 0.6 is 11.6 Å². The number of hydrogen-bond acceptors (Lipinski definition) is 6. The number of fused-ring (bicyclic) bond motifs is 1. The lowest BCUT2D eigenvalue weighted by Gasteiger charge is -2.23. The van der Waals surface area contributed by atoms with Crippen molar-refractivity contribution in [3.8, 4) is 17.2 Å². The third-order valence-corrected chi connectivity index (χ3v) is 5.03. The van der Waals surface area contributed by atoms with E-state index in [1.54, 1.807) is 37.3 Å². The molecule has 0 aliphatic rings. The van der Waals surface area contributed by atoms with Crippen molar-refractivity contribution in [1.29, 1.82) is 0 Å². The molecule has 1 atom stereocenters. The number of aromatic hydroxyl groups is 1. The Bertz CT molecular complexity index is 1150. The molecule has 2 aromatic carbocycles. The number of ether oxygens (including phenoxy) is 1. The van der Waals surface area contributed by atoms with Gasteiger partial charge in [-0.25, -0.2) is 0 Å². The van der Waals surface area contributed by atoms with Gasteiger partial charge >= 0.3 is 0 Å². The molecule has 0 aliphatic carbocycles. The van der Waals surface area contributed by atoms with E-state index in [4.69, 9.17) is 16.3 Å². The van der Waals surface area contributed by atoms with E-state index >= 15 is 0 Å². The van der Waals surface area contributed by atoms with Crippen molar-refractivity contribution < 1.29 is 19.7 Å². The highest BCUT2D eigenvalue weighted by molar-refractivity contribution is 6.31. The first-order valence-corrected chi connectivity index (χ1v) is 10.3. The molecule has 2 N–H and O–H groups in total. The summed E-state index contributed by atoms with van der Waals surface area (Å²) in [7, 11) is 0. The number of hydrogen-bond donors (Lipinski definition) is 2. The molecule has 8 heteroatoms. The van der Waals surface area contributed by atoms with Gasteiger partial charge in [-0.15, -0.1) is 15.0 Å². The normalized spacial score (nSPS) is 12.7. The number of halogens is 1. The molecule has 0 bridgehead atoms. The zero-order chi connectivity index (χ0) is 22.9. The second-order valence-electron chi connectivity index (χ2n) is 8.53. The summed E-state index contributed by atoms with van der Waals surface area (Å²) in [5.74, 6) is 0.209. The minimum atomic E-state index is -1.20. The van der Waals surface area contributed by atoms with Crippen LogP contribution in [0.4, 0.5) is 0 Å². The van der Waals surface area contributed by atoms with Crippen molar-refractivity contribution >= 4 is 28.4 Å². The van der Waals surface area contributed by atoms with E-state index in [0.29, 0.717) is 38.6 Å². The molecule has 0 radical (unpaired) electrons. The van der Waals surface area contributed by atoms with Crippen LogP contribution in [0.1, 0.15) is 46.1 Å². The Labute approximate surface area is 185 Å². The predicted octanol–water partition coefficient (Wildman–Crippen LogP) is 4.70. The third kappa shape index (κ3) is 5.24. The lowest BCUT2D eigenvalue weighted by molar-refractivity contribution is -0.117. The van der Waals surface area contributed by atoms with Crippen molar-refractivity contribution in [2.45, 2.75) is 52.2 Å². The van der Waals surface area contributed by atoms with Gasteiger partial charge in [-0.2, -0.15) is 0 Å². The van der Waals surface area contributed by atoms with Crippen LogP contribution < -0.4 is 4.74 Å². The molecule has 3 aromatic rings. The molecular formula is C23H26ClN3O4. The monoisotopic (exact) mass is 443 g/mol. The van der Waals surface area contributed by atoms with Gasteiger partial charge in [0, 0.05) is 29.5 Å². The highest BCUT2D eigenvalue weighted by atomic mass is 35.5. The van der Waals surface area contributed by atoms with Gasteiger partial charge in [0.1, 0.15) is 28.2 Å². The van der Waals surface area contributed by atoms with Crippen molar-refractivity contribution in [3.63, 3.8) is 0 Å².